The van der Waals surface area contributed by atoms with Gasteiger partial charge in [0.15, 0.2) is 0 Å². The molecule has 82 valence electrons. The lowest BCUT2D eigenvalue weighted by atomic mass is 10.0. The van der Waals surface area contributed by atoms with Crippen molar-refractivity contribution < 1.29 is 19.7 Å². The molecular formula is C10H18O4. The zero-order valence-electron chi connectivity index (χ0n) is 8.48. The van der Waals surface area contributed by atoms with E-state index in [1.165, 1.54) is 0 Å². The summed E-state index contributed by atoms with van der Waals surface area (Å²) >= 11 is 0. The van der Waals surface area contributed by atoms with E-state index in [4.69, 9.17) is 9.84 Å². The molecule has 0 aromatic carbocycles. The lowest BCUT2D eigenvalue weighted by Gasteiger charge is -2.15. The first-order chi connectivity index (χ1) is 6.58. The van der Waals surface area contributed by atoms with Crippen LogP contribution in [0.15, 0.2) is 0 Å². The van der Waals surface area contributed by atoms with Gasteiger partial charge in [0.1, 0.15) is 6.10 Å². The van der Waals surface area contributed by atoms with Crippen molar-refractivity contribution in [2.24, 2.45) is 0 Å². The third-order valence-electron chi connectivity index (χ3n) is 2.42. The van der Waals surface area contributed by atoms with E-state index in [9.17, 15) is 9.90 Å². The molecule has 1 aliphatic heterocycles. The summed E-state index contributed by atoms with van der Waals surface area (Å²) in [5.74, 6) is -0.169. The highest BCUT2D eigenvalue weighted by Crippen LogP contribution is 2.20. The van der Waals surface area contributed by atoms with Crippen LogP contribution < -0.4 is 0 Å². The fraction of sp³-hybridized carbons (Fsp3) is 0.900. The lowest BCUT2D eigenvalue weighted by molar-refractivity contribution is -0.142. The molecule has 0 bridgehead atoms. The van der Waals surface area contributed by atoms with Gasteiger partial charge in [-0.1, -0.05) is 0 Å². The van der Waals surface area contributed by atoms with Gasteiger partial charge in [-0.25, -0.2) is 0 Å². The van der Waals surface area contributed by atoms with Gasteiger partial charge in [-0.05, 0) is 26.2 Å². The summed E-state index contributed by atoms with van der Waals surface area (Å²) < 4.78 is 4.98. The first kappa shape index (κ1) is 11.5. The molecule has 0 spiro atoms. The summed E-state index contributed by atoms with van der Waals surface area (Å²) in [6.07, 6.45) is 1.85. The smallest absolute Gasteiger partial charge is 0.306 e. The van der Waals surface area contributed by atoms with Gasteiger partial charge in [-0.2, -0.15) is 0 Å². The number of cyclic esters (lactones) is 1. The van der Waals surface area contributed by atoms with E-state index in [-0.39, 0.29) is 18.2 Å². The molecule has 0 aromatic rings. The second kappa shape index (κ2) is 5.32. The average molecular weight is 202 g/mol. The topological polar surface area (TPSA) is 66.8 Å². The van der Waals surface area contributed by atoms with Crippen molar-refractivity contribution in [2.75, 3.05) is 0 Å². The number of hydrogen-bond donors (Lipinski definition) is 2. The van der Waals surface area contributed by atoms with Gasteiger partial charge in [0.25, 0.3) is 0 Å². The molecular weight excluding hydrogens is 184 g/mol. The van der Waals surface area contributed by atoms with Gasteiger partial charge >= 0.3 is 5.97 Å². The molecule has 4 heteroatoms. The second-order valence-electron chi connectivity index (χ2n) is 3.97. The molecule has 1 aliphatic rings. The highest BCUT2D eigenvalue weighted by atomic mass is 16.5. The van der Waals surface area contributed by atoms with Crippen molar-refractivity contribution in [3.63, 3.8) is 0 Å². The monoisotopic (exact) mass is 202 g/mol. The summed E-state index contributed by atoms with van der Waals surface area (Å²) in [6, 6.07) is 0. The van der Waals surface area contributed by atoms with Crippen LogP contribution in [-0.2, 0) is 9.53 Å². The lowest BCUT2D eigenvalue weighted by Crippen LogP contribution is -2.19. The molecule has 0 aliphatic carbocycles. The van der Waals surface area contributed by atoms with Crippen molar-refractivity contribution >= 4 is 5.97 Å². The maximum absolute atomic E-state index is 10.8. The van der Waals surface area contributed by atoms with Crippen molar-refractivity contribution in [2.45, 2.75) is 57.3 Å². The molecule has 1 rings (SSSR count). The van der Waals surface area contributed by atoms with E-state index >= 15 is 0 Å². The van der Waals surface area contributed by atoms with Crippen LogP contribution in [0.2, 0.25) is 0 Å². The molecule has 4 nitrogen and oxygen atoms in total. The SMILES string of the molecule is C[C@H](O)CC[C@H](O)C[C@H]1CCC(=O)O1. The van der Waals surface area contributed by atoms with Gasteiger partial charge in [0.05, 0.1) is 12.2 Å². The van der Waals surface area contributed by atoms with Gasteiger partial charge in [-0.3, -0.25) is 4.79 Å². The number of hydrogen-bond acceptors (Lipinski definition) is 4. The minimum Gasteiger partial charge on any atom is -0.462 e. The first-order valence-electron chi connectivity index (χ1n) is 5.13. The Labute approximate surface area is 83.9 Å². The third kappa shape index (κ3) is 4.07. The normalized spacial score (nSPS) is 25.9. The van der Waals surface area contributed by atoms with Crippen molar-refractivity contribution in [3.05, 3.63) is 0 Å². The summed E-state index contributed by atoms with van der Waals surface area (Å²) in [5.41, 5.74) is 0. The van der Waals surface area contributed by atoms with E-state index in [2.05, 4.69) is 0 Å². The maximum Gasteiger partial charge on any atom is 0.306 e. The fourth-order valence-corrected chi connectivity index (χ4v) is 1.60. The third-order valence-corrected chi connectivity index (χ3v) is 2.42. The molecule has 0 unspecified atom stereocenters. The largest absolute Gasteiger partial charge is 0.462 e. The first-order valence-corrected chi connectivity index (χ1v) is 5.13. The van der Waals surface area contributed by atoms with Gasteiger partial charge in [0.2, 0.25) is 0 Å². The summed E-state index contributed by atoms with van der Waals surface area (Å²) in [5, 5.41) is 18.6. The molecule has 1 saturated heterocycles. The van der Waals surface area contributed by atoms with Crippen molar-refractivity contribution in [3.8, 4) is 0 Å². The van der Waals surface area contributed by atoms with E-state index < -0.39 is 6.10 Å². The number of carbonyl (C=O) groups excluding carboxylic acids is 1. The molecule has 1 fully saturated rings. The van der Waals surface area contributed by atoms with Crippen molar-refractivity contribution in [1.82, 2.24) is 0 Å². The predicted octanol–water partition coefficient (Wildman–Crippen LogP) is 0.604. The Bertz CT molecular complexity index is 191. The average Bonchev–Trinajstić information content (AvgIpc) is 2.48. The Morgan fingerprint density at radius 2 is 2.21 bits per heavy atom. The Hall–Kier alpha value is -0.610. The van der Waals surface area contributed by atoms with Gasteiger partial charge in [0, 0.05) is 12.8 Å². The zero-order valence-corrected chi connectivity index (χ0v) is 8.48. The molecule has 0 amide bonds. The Morgan fingerprint density at radius 1 is 1.50 bits per heavy atom. The number of ether oxygens (including phenoxy) is 1. The van der Waals surface area contributed by atoms with Crippen LogP contribution >= 0.6 is 0 Å². The zero-order chi connectivity index (χ0) is 10.6. The standard InChI is InChI=1S/C10H18O4/c1-7(11)2-3-8(12)6-9-4-5-10(13)14-9/h7-9,11-12H,2-6H2,1H3/t7-,8-,9+/m0/s1. The molecule has 0 saturated carbocycles. The Balaban J connectivity index is 2.13. The number of aliphatic hydroxyl groups excluding tert-OH is 2. The van der Waals surface area contributed by atoms with E-state index in [0.717, 1.165) is 0 Å². The van der Waals surface area contributed by atoms with Crippen LogP contribution in [-0.4, -0.2) is 34.5 Å². The molecule has 3 atom stereocenters. The van der Waals surface area contributed by atoms with Crippen LogP contribution in [0.25, 0.3) is 0 Å². The van der Waals surface area contributed by atoms with Crippen molar-refractivity contribution in [1.29, 1.82) is 0 Å². The predicted molar refractivity (Wildman–Crippen MR) is 50.7 cm³/mol. The highest BCUT2D eigenvalue weighted by molar-refractivity contribution is 5.71. The minimum atomic E-state index is -0.472. The summed E-state index contributed by atoms with van der Waals surface area (Å²) in [6.45, 7) is 1.70. The number of rotatable bonds is 5. The Kier molecular flexibility index (Phi) is 4.35. The number of aliphatic hydroxyl groups is 2. The van der Waals surface area contributed by atoms with E-state index in [1.807, 2.05) is 0 Å². The minimum absolute atomic E-state index is 0.119. The quantitative estimate of drug-likeness (QED) is 0.641. The summed E-state index contributed by atoms with van der Waals surface area (Å²) in [4.78, 5) is 10.8. The highest BCUT2D eigenvalue weighted by Gasteiger charge is 2.25. The van der Waals surface area contributed by atoms with Crippen LogP contribution in [0.5, 0.6) is 0 Å². The van der Waals surface area contributed by atoms with E-state index in [0.29, 0.717) is 32.1 Å². The molecule has 0 radical (unpaired) electrons. The van der Waals surface area contributed by atoms with Crippen LogP contribution in [0.4, 0.5) is 0 Å². The number of carbonyl (C=O) groups is 1. The van der Waals surface area contributed by atoms with Crippen LogP contribution in [0, 0.1) is 0 Å². The van der Waals surface area contributed by atoms with Crippen LogP contribution in [0.1, 0.15) is 39.0 Å². The van der Waals surface area contributed by atoms with Crippen LogP contribution in [0.3, 0.4) is 0 Å². The number of esters is 1. The molecule has 0 aromatic heterocycles. The second-order valence-corrected chi connectivity index (χ2v) is 3.97. The van der Waals surface area contributed by atoms with Gasteiger partial charge < -0.3 is 14.9 Å². The molecule has 2 N–H and O–H groups in total. The molecule has 1 heterocycles. The Morgan fingerprint density at radius 3 is 2.71 bits per heavy atom. The summed E-state index contributed by atoms with van der Waals surface area (Å²) in [7, 11) is 0. The van der Waals surface area contributed by atoms with E-state index in [1.54, 1.807) is 6.92 Å². The molecule has 14 heavy (non-hydrogen) atoms. The maximum atomic E-state index is 10.8. The van der Waals surface area contributed by atoms with Gasteiger partial charge in [-0.15, -0.1) is 0 Å². The fourth-order valence-electron chi connectivity index (χ4n) is 1.60.